The lowest BCUT2D eigenvalue weighted by molar-refractivity contribution is -0.133. The molecular formula is C19H26N4OS. The predicted molar refractivity (Wildman–Crippen MR) is 99.5 cm³/mol. The van der Waals surface area contributed by atoms with Gasteiger partial charge in [-0.05, 0) is 48.6 Å². The second kappa shape index (κ2) is 6.57. The van der Waals surface area contributed by atoms with Gasteiger partial charge in [-0.15, -0.1) is 0 Å². The van der Waals surface area contributed by atoms with Crippen LogP contribution in [-0.4, -0.2) is 50.7 Å². The second-order valence-electron chi connectivity index (χ2n) is 7.42. The second-order valence-corrected chi connectivity index (χ2v) is 8.20. The van der Waals surface area contributed by atoms with Crippen LogP contribution in [0.25, 0.3) is 0 Å². The lowest BCUT2D eigenvalue weighted by atomic mass is 9.81. The monoisotopic (exact) mass is 358 g/mol. The Balaban J connectivity index is 1.48. The van der Waals surface area contributed by atoms with Gasteiger partial charge in [0.2, 0.25) is 5.91 Å². The molecule has 4 rings (SSSR count). The maximum absolute atomic E-state index is 13.0. The van der Waals surface area contributed by atoms with Crippen molar-refractivity contribution in [3.63, 3.8) is 0 Å². The number of thiophene rings is 1. The summed E-state index contributed by atoms with van der Waals surface area (Å²) in [5.74, 6) is 0.277. The van der Waals surface area contributed by atoms with Crippen LogP contribution >= 0.6 is 11.3 Å². The Labute approximate surface area is 153 Å². The van der Waals surface area contributed by atoms with E-state index in [1.54, 1.807) is 16.0 Å². The van der Waals surface area contributed by atoms with E-state index in [4.69, 9.17) is 0 Å². The van der Waals surface area contributed by atoms with Crippen LogP contribution in [0, 0.1) is 0 Å². The van der Waals surface area contributed by atoms with Crippen LogP contribution in [0.4, 0.5) is 0 Å². The summed E-state index contributed by atoms with van der Waals surface area (Å²) in [7, 11) is 1.92. The summed E-state index contributed by atoms with van der Waals surface area (Å²) < 4.78 is 1.80. The Morgan fingerprint density at radius 1 is 1.36 bits per heavy atom. The molecule has 0 saturated carbocycles. The average Bonchev–Trinajstić information content (AvgIpc) is 3.31. The first kappa shape index (κ1) is 16.8. The molecule has 0 aromatic carbocycles. The van der Waals surface area contributed by atoms with Crippen LogP contribution in [0.2, 0.25) is 0 Å². The SMILES string of the molecule is CCN1C(=O)C(c2cnn(C)c2)CC12CCN(Cc1ccsc1)CC2. The van der Waals surface area contributed by atoms with Gasteiger partial charge in [0.25, 0.3) is 0 Å². The third-order valence-corrected chi connectivity index (χ3v) is 6.67. The molecule has 2 aromatic heterocycles. The van der Waals surface area contributed by atoms with Crippen molar-refractivity contribution < 1.29 is 4.79 Å². The highest BCUT2D eigenvalue weighted by Crippen LogP contribution is 2.45. The highest BCUT2D eigenvalue weighted by Gasteiger charge is 2.51. The minimum Gasteiger partial charge on any atom is -0.337 e. The van der Waals surface area contributed by atoms with Crippen LogP contribution < -0.4 is 0 Å². The number of carbonyl (C=O) groups is 1. The van der Waals surface area contributed by atoms with Crippen LogP contribution in [-0.2, 0) is 18.4 Å². The summed E-state index contributed by atoms with van der Waals surface area (Å²) in [6.45, 7) is 6.09. The largest absolute Gasteiger partial charge is 0.337 e. The number of hydrogen-bond donors (Lipinski definition) is 0. The lowest BCUT2D eigenvalue weighted by Crippen LogP contribution is -2.52. The molecule has 134 valence electrons. The van der Waals surface area contributed by atoms with Crippen LogP contribution in [0.15, 0.2) is 29.2 Å². The van der Waals surface area contributed by atoms with Crippen molar-refractivity contribution in [3.8, 4) is 0 Å². The molecular weight excluding hydrogens is 332 g/mol. The first-order chi connectivity index (χ1) is 12.1. The third-order valence-electron chi connectivity index (χ3n) is 5.94. The Bertz CT molecular complexity index is 730. The maximum Gasteiger partial charge on any atom is 0.230 e. The number of rotatable bonds is 4. The lowest BCUT2D eigenvalue weighted by Gasteiger charge is -2.44. The zero-order valence-electron chi connectivity index (χ0n) is 15.0. The van der Waals surface area contributed by atoms with Gasteiger partial charge >= 0.3 is 0 Å². The minimum absolute atomic E-state index is 0.0166. The van der Waals surface area contributed by atoms with Crippen molar-refractivity contribution in [2.75, 3.05) is 19.6 Å². The van der Waals surface area contributed by atoms with E-state index in [9.17, 15) is 4.79 Å². The molecule has 2 aliphatic rings. The van der Waals surface area contributed by atoms with Gasteiger partial charge in [0.15, 0.2) is 0 Å². The van der Waals surface area contributed by atoms with Gasteiger partial charge in [-0.2, -0.15) is 16.4 Å². The molecule has 0 bridgehead atoms. The van der Waals surface area contributed by atoms with Gasteiger partial charge in [0.1, 0.15) is 0 Å². The van der Waals surface area contributed by atoms with Gasteiger partial charge < -0.3 is 4.90 Å². The van der Waals surface area contributed by atoms with Gasteiger partial charge in [-0.3, -0.25) is 14.4 Å². The summed E-state index contributed by atoms with van der Waals surface area (Å²) in [5, 5.41) is 8.66. The molecule has 2 aliphatic heterocycles. The van der Waals surface area contributed by atoms with Gasteiger partial charge in [0.05, 0.1) is 12.1 Å². The Hall–Kier alpha value is -1.66. The zero-order valence-corrected chi connectivity index (χ0v) is 15.8. The van der Waals surface area contributed by atoms with Crippen molar-refractivity contribution >= 4 is 17.2 Å². The number of likely N-dealkylation sites (tertiary alicyclic amines) is 2. The fourth-order valence-electron chi connectivity index (χ4n) is 4.61. The third kappa shape index (κ3) is 3.02. The van der Waals surface area contributed by atoms with Crippen molar-refractivity contribution in [2.24, 2.45) is 7.05 Å². The maximum atomic E-state index is 13.0. The molecule has 0 N–H and O–H groups in total. The van der Waals surface area contributed by atoms with E-state index >= 15 is 0 Å². The Morgan fingerprint density at radius 3 is 2.76 bits per heavy atom. The number of carbonyl (C=O) groups excluding carboxylic acids is 1. The van der Waals surface area contributed by atoms with E-state index in [2.05, 4.69) is 38.6 Å². The van der Waals surface area contributed by atoms with Crippen molar-refractivity contribution in [2.45, 2.75) is 44.2 Å². The van der Waals surface area contributed by atoms with Gasteiger partial charge in [0, 0.05) is 50.5 Å². The van der Waals surface area contributed by atoms with E-state index in [1.165, 1.54) is 5.56 Å². The molecule has 1 atom stereocenters. The zero-order chi connectivity index (χ0) is 17.4. The summed E-state index contributed by atoms with van der Waals surface area (Å²) in [6.07, 6.45) is 6.96. The molecule has 1 spiro atoms. The molecule has 1 unspecified atom stereocenters. The molecule has 0 aliphatic carbocycles. The fourth-order valence-corrected chi connectivity index (χ4v) is 5.27. The molecule has 2 saturated heterocycles. The number of piperidine rings is 1. The van der Waals surface area contributed by atoms with E-state index in [0.717, 1.165) is 51.0 Å². The summed E-state index contributed by atoms with van der Waals surface area (Å²) in [5.41, 5.74) is 2.52. The minimum atomic E-state index is -0.0166. The first-order valence-corrected chi connectivity index (χ1v) is 10.1. The molecule has 0 radical (unpaired) electrons. The normalized spacial score (nSPS) is 23.7. The fraction of sp³-hybridized carbons (Fsp3) is 0.579. The summed E-state index contributed by atoms with van der Waals surface area (Å²) in [4.78, 5) is 17.7. The summed E-state index contributed by atoms with van der Waals surface area (Å²) >= 11 is 1.76. The van der Waals surface area contributed by atoms with Crippen LogP contribution in [0.5, 0.6) is 0 Å². The number of aryl methyl sites for hydroxylation is 1. The van der Waals surface area contributed by atoms with E-state index in [-0.39, 0.29) is 11.5 Å². The molecule has 6 heteroatoms. The van der Waals surface area contributed by atoms with Gasteiger partial charge in [-0.1, -0.05) is 0 Å². The Morgan fingerprint density at radius 2 is 2.16 bits per heavy atom. The first-order valence-electron chi connectivity index (χ1n) is 9.15. The highest BCUT2D eigenvalue weighted by molar-refractivity contribution is 7.07. The highest BCUT2D eigenvalue weighted by atomic mass is 32.1. The van der Waals surface area contributed by atoms with E-state index in [1.807, 2.05) is 19.4 Å². The molecule has 5 nitrogen and oxygen atoms in total. The topological polar surface area (TPSA) is 41.4 Å². The predicted octanol–water partition coefficient (Wildman–Crippen LogP) is 2.85. The van der Waals surface area contributed by atoms with E-state index in [0.29, 0.717) is 5.91 Å². The van der Waals surface area contributed by atoms with Crippen molar-refractivity contribution in [3.05, 3.63) is 40.3 Å². The van der Waals surface area contributed by atoms with Crippen molar-refractivity contribution in [1.82, 2.24) is 19.6 Å². The van der Waals surface area contributed by atoms with Crippen LogP contribution in [0.1, 0.15) is 43.2 Å². The quantitative estimate of drug-likeness (QED) is 0.844. The number of nitrogens with zero attached hydrogens (tertiary/aromatic N) is 4. The number of likely N-dealkylation sites (N-methyl/N-ethyl adjacent to an activating group) is 1. The summed E-state index contributed by atoms with van der Waals surface area (Å²) in [6, 6.07) is 2.21. The molecule has 2 aromatic rings. The average molecular weight is 359 g/mol. The number of amides is 1. The smallest absolute Gasteiger partial charge is 0.230 e. The van der Waals surface area contributed by atoms with Gasteiger partial charge in [-0.25, -0.2) is 0 Å². The standard InChI is InChI=1S/C19H26N4OS/c1-3-23-18(24)17(16-11-20-21(2)13-16)10-19(23)5-7-22(8-6-19)12-15-4-9-25-14-15/h4,9,11,13-14,17H,3,5-8,10,12H2,1-2H3. The van der Waals surface area contributed by atoms with E-state index < -0.39 is 0 Å². The van der Waals surface area contributed by atoms with Crippen molar-refractivity contribution in [1.29, 1.82) is 0 Å². The molecule has 25 heavy (non-hydrogen) atoms. The molecule has 2 fully saturated rings. The number of aromatic nitrogens is 2. The Kier molecular flexibility index (Phi) is 4.41. The number of hydrogen-bond acceptors (Lipinski definition) is 4. The molecule has 4 heterocycles. The molecule has 1 amide bonds. The van der Waals surface area contributed by atoms with Crippen LogP contribution in [0.3, 0.4) is 0 Å².